The minimum Gasteiger partial charge on any atom is -0.497 e. The first-order valence-corrected chi connectivity index (χ1v) is 9.15. The fraction of sp³-hybridized carbons (Fsp3) is 0.409. The number of hydrogen-bond donors (Lipinski definition) is 1. The van der Waals surface area contributed by atoms with Crippen molar-refractivity contribution in [3.63, 3.8) is 0 Å². The summed E-state index contributed by atoms with van der Waals surface area (Å²) in [6.07, 6.45) is 0.00565. The minimum atomic E-state index is -0.565. The van der Waals surface area contributed by atoms with E-state index in [0.29, 0.717) is 23.7 Å². The second kappa shape index (κ2) is 9.31. The van der Waals surface area contributed by atoms with Gasteiger partial charge in [-0.2, -0.15) is 0 Å². The number of nitrogens with one attached hydrogen (secondary N) is 1. The first kappa shape index (κ1) is 20.6. The van der Waals surface area contributed by atoms with Gasteiger partial charge >= 0.3 is 0 Å². The zero-order chi connectivity index (χ0) is 20.0. The highest BCUT2D eigenvalue weighted by molar-refractivity contribution is 5.81. The Bertz CT molecular complexity index is 768. The molecule has 0 aliphatic heterocycles. The van der Waals surface area contributed by atoms with Crippen LogP contribution in [0.3, 0.4) is 0 Å². The third kappa shape index (κ3) is 5.39. The molecule has 27 heavy (non-hydrogen) atoms. The van der Waals surface area contributed by atoms with Gasteiger partial charge in [0.15, 0.2) is 6.10 Å². The Morgan fingerprint density at radius 2 is 1.67 bits per heavy atom. The van der Waals surface area contributed by atoms with Crippen molar-refractivity contribution < 1.29 is 19.0 Å². The number of methoxy groups -OCH3 is 2. The molecule has 0 bridgehead atoms. The molecule has 2 atom stereocenters. The fourth-order valence-corrected chi connectivity index (χ4v) is 3.05. The molecule has 0 aliphatic carbocycles. The van der Waals surface area contributed by atoms with Crippen molar-refractivity contribution in [2.75, 3.05) is 14.2 Å². The van der Waals surface area contributed by atoms with Crippen LogP contribution >= 0.6 is 0 Å². The molecule has 146 valence electrons. The van der Waals surface area contributed by atoms with Gasteiger partial charge in [-0.05, 0) is 68.7 Å². The SMILES string of the molecule is CC[C@@H](Oc1cc(C)cc(C)c1)C(=O)N[C@H](C)c1cc(OC)ccc1OC. The largest absolute Gasteiger partial charge is 0.497 e. The van der Waals surface area contributed by atoms with Crippen LogP contribution in [0.15, 0.2) is 36.4 Å². The Kier molecular flexibility index (Phi) is 7.11. The van der Waals surface area contributed by atoms with Gasteiger partial charge in [0, 0.05) is 5.56 Å². The van der Waals surface area contributed by atoms with Crippen LogP contribution in [0.4, 0.5) is 0 Å². The average molecular weight is 371 g/mol. The quantitative estimate of drug-likeness (QED) is 0.749. The van der Waals surface area contributed by atoms with Crippen molar-refractivity contribution in [3.05, 3.63) is 53.1 Å². The van der Waals surface area contributed by atoms with Crippen LogP contribution < -0.4 is 19.5 Å². The van der Waals surface area contributed by atoms with Gasteiger partial charge in [-0.15, -0.1) is 0 Å². The van der Waals surface area contributed by atoms with E-state index in [-0.39, 0.29) is 11.9 Å². The van der Waals surface area contributed by atoms with Gasteiger partial charge in [-0.1, -0.05) is 13.0 Å². The number of carbonyl (C=O) groups is 1. The predicted molar refractivity (Wildman–Crippen MR) is 107 cm³/mol. The molecular formula is C22H29NO4. The number of benzene rings is 2. The molecule has 5 heteroatoms. The second-order valence-corrected chi connectivity index (χ2v) is 6.68. The molecule has 0 saturated heterocycles. The molecule has 0 unspecified atom stereocenters. The van der Waals surface area contributed by atoms with Crippen molar-refractivity contribution in [2.45, 2.75) is 46.3 Å². The summed E-state index contributed by atoms with van der Waals surface area (Å²) >= 11 is 0. The molecule has 2 aromatic rings. The number of aryl methyl sites for hydroxylation is 2. The third-order valence-corrected chi connectivity index (χ3v) is 4.40. The molecule has 0 spiro atoms. The van der Waals surface area contributed by atoms with Gasteiger partial charge in [-0.3, -0.25) is 4.79 Å². The maximum absolute atomic E-state index is 12.8. The zero-order valence-electron chi connectivity index (χ0n) is 17.0. The monoisotopic (exact) mass is 371 g/mol. The normalized spacial score (nSPS) is 12.8. The molecule has 2 rings (SSSR count). The van der Waals surface area contributed by atoms with Crippen molar-refractivity contribution in [3.8, 4) is 17.2 Å². The van der Waals surface area contributed by atoms with Crippen LogP contribution in [0, 0.1) is 13.8 Å². The molecule has 0 aliphatic rings. The van der Waals surface area contributed by atoms with Gasteiger partial charge in [-0.25, -0.2) is 0 Å². The van der Waals surface area contributed by atoms with Crippen molar-refractivity contribution in [2.24, 2.45) is 0 Å². The first-order valence-electron chi connectivity index (χ1n) is 9.15. The Labute approximate surface area is 161 Å². The number of rotatable bonds is 8. The van der Waals surface area contributed by atoms with E-state index in [9.17, 15) is 4.79 Å². The molecule has 0 fully saturated rings. The maximum Gasteiger partial charge on any atom is 0.261 e. The lowest BCUT2D eigenvalue weighted by molar-refractivity contribution is -0.128. The average Bonchev–Trinajstić information content (AvgIpc) is 2.64. The first-order chi connectivity index (χ1) is 12.9. The molecule has 0 heterocycles. The number of ether oxygens (including phenoxy) is 3. The summed E-state index contributed by atoms with van der Waals surface area (Å²) in [5.41, 5.74) is 3.07. The highest BCUT2D eigenvalue weighted by Crippen LogP contribution is 2.29. The fourth-order valence-electron chi connectivity index (χ4n) is 3.05. The van der Waals surface area contributed by atoms with E-state index >= 15 is 0 Å². The molecular weight excluding hydrogens is 342 g/mol. The van der Waals surface area contributed by atoms with E-state index in [4.69, 9.17) is 14.2 Å². The summed E-state index contributed by atoms with van der Waals surface area (Å²) in [4.78, 5) is 12.8. The smallest absolute Gasteiger partial charge is 0.261 e. The Morgan fingerprint density at radius 3 is 2.22 bits per heavy atom. The summed E-state index contributed by atoms with van der Waals surface area (Å²) in [6, 6.07) is 11.2. The van der Waals surface area contributed by atoms with E-state index in [2.05, 4.69) is 11.4 Å². The Morgan fingerprint density at radius 1 is 1.00 bits per heavy atom. The van der Waals surface area contributed by atoms with E-state index in [1.165, 1.54) is 0 Å². The van der Waals surface area contributed by atoms with E-state index in [0.717, 1.165) is 16.7 Å². The van der Waals surface area contributed by atoms with Gasteiger partial charge in [0.2, 0.25) is 0 Å². The maximum atomic E-state index is 12.8. The zero-order valence-corrected chi connectivity index (χ0v) is 17.0. The van der Waals surface area contributed by atoms with Crippen molar-refractivity contribution in [1.82, 2.24) is 5.32 Å². The van der Waals surface area contributed by atoms with Crippen LogP contribution in [-0.4, -0.2) is 26.2 Å². The highest BCUT2D eigenvalue weighted by atomic mass is 16.5. The summed E-state index contributed by atoms with van der Waals surface area (Å²) in [6.45, 7) is 7.87. The summed E-state index contributed by atoms with van der Waals surface area (Å²) in [5, 5.41) is 3.02. The highest BCUT2D eigenvalue weighted by Gasteiger charge is 2.22. The second-order valence-electron chi connectivity index (χ2n) is 6.68. The summed E-state index contributed by atoms with van der Waals surface area (Å²) < 4.78 is 16.7. The molecule has 0 radical (unpaired) electrons. The predicted octanol–water partition coefficient (Wildman–Crippen LogP) is 4.36. The molecule has 0 saturated carbocycles. The van der Waals surface area contributed by atoms with Crippen molar-refractivity contribution >= 4 is 5.91 Å². The third-order valence-electron chi connectivity index (χ3n) is 4.40. The van der Waals surface area contributed by atoms with Crippen LogP contribution in [0.25, 0.3) is 0 Å². The van der Waals surface area contributed by atoms with Crippen molar-refractivity contribution in [1.29, 1.82) is 0 Å². The van der Waals surface area contributed by atoms with Crippen LogP contribution in [0.1, 0.15) is 43.0 Å². The summed E-state index contributed by atoms with van der Waals surface area (Å²) in [5.74, 6) is 1.97. The lowest BCUT2D eigenvalue weighted by Gasteiger charge is -2.22. The van der Waals surface area contributed by atoms with E-state index in [1.807, 2.05) is 58.0 Å². The number of carbonyl (C=O) groups excluding carboxylic acids is 1. The molecule has 5 nitrogen and oxygen atoms in total. The van der Waals surface area contributed by atoms with Crippen LogP contribution in [-0.2, 0) is 4.79 Å². The minimum absolute atomic E-state index is 0.158. The Hall–Kier alpha value is -2.69. The van der Waals surface area contributed by atoms with E-state index < -0.39 is 6.10 Å². The van der Waals surface area contributed by atoms with Crippen LogP contribution in [0.2, 0.25) is 0 Å². The summed E-state index contributed by atoms with van der Waals surface area (Å²) in [7, 11) is 3.22. The van der Waals surface area contributed by atoms with Gasteiger partial charge in [0.25, 0.3) is 5.91 Å². The number of amides is 1. The van der Waals surface area contributed by atoms with Gasteiger partial charge in [0.1, 0.15) is 17.2 Å². The van der Waals surface area contributed by atoms with E-state index in [1.54, 1.807) is 14.2 Å². The molecule has 0 aromatic heterocycles. The molecule has 1 amide bonds. The standard InChI is InChI=1S/C22H29NO4/c1-7-20(27-18-11-14(2)10-15(3)12-18)22(24)23-16(4)19-13-17(25-5)8-9-21(19)26-6/h8-13,16,20H,7H2,1-6H3,(H,23,24)/t16-,20-/m1/s1. The lowest BCUT2D eigenvalue weighted by atomic mass is 10.1. The van der Waals surface area contributed by atoms with Gasteiger partial charge in [0.05, 0.1) is 20.3 Å². The molecule has 1 N–H and O–H groups in total. The topological polar surface area (TPSA) is 56.8 Å². The Balaban J connectivity index is 2.14. The molecule has 2 aromatic carbocycles. The number of hydrogen-bond acceptors (Lipinski definition) is 4. The lowest BCUT2D eigenvalue weighted by Crippen LogP contribution is -2.39. The van der Waals surface area contributed by atoms with Crippen LogP contribution in [0.5, 0.6) is 17.2 Å². The van der Waals surface area contributed by atoms with Gasteiger partial charge < -0.3 is 19.5 Å².